The van der Waals surface area contributed by atoms with Gasteiger partial charge in [0, 0.05) is 11.6 Å². The standard InChI is InChI=1S/C15H12ClN3/c16-13-7-8-17-10-15(13)18-9-12-6-5-11-3-1-2-4-14(11)19-12/h1-8,10,18H,9H2. The lowest BCUT2D eigenvalue weighted by molar-refractivity contribution is 1.06. The Bertz CT molecular complexity index is 712. The van der Waals surface area contributed by atoms with Crippen LogP contribution in [0.4, 0.5) is 5.69 Å². The van der Waals surface area contributed by atoms with Crippen molar-refractivity contribution in [2.75, 3.05) is 5.32 Å². The van der Waals surface area contributed by atoms with Gasteiger partial charge in [-0.2, -0.15) is 0 Å². The maximum Gasteiger partial charge on any atom is 0.0719 e. The molecule has 3 nitrogen and oxygen atoms in total. The minimum absolute atomic E-state index is 0.621. The van der Waals surface area contributed by atoms with E-state index in [4.69, 9.17) is 11.6 Å². The number of rotatable bonds is 3. The number of hydrogen-bond acceptors (Lipinski definition) is 3. The minimum atomic E-state index is 0.621. The van der Waals surface area contributed by atoms with Crippen molar-refractivity contribution in [3.63, 3.8) is 0 Å². The summed E-state index contributed by atoms with van der Waals surface area (Å²) in [5.74, 6) is 0. The molecule has 0 amide bonds. The van der Waals surface area contributed by atoms with Gasteiger partial charge in [-0.05, 0) is 18.2 Å². The van der Waals surface area contributed by atoms with Crippen LogP contribution in [0, 0.1) is 0 Å². The number of nitrogens with one attached hydrogen (secondary N) is 1. The SMILES string of the molecule is Clc1ccncc1NCc1ccc2ccccc2n1. The molecule has 0 atom stereocenters. The Morgan fingerprint density at radius 1 is 1.05 bits per heavy atom. The van der Waals surface area contributed by atoms with E-state index in [9.17, 15) is 0 Å². The van der Waals surface area contributed by atoms with Crippen molar-refractivity contribution in [3.8, 4) is 0 Å². The summed E-state index contributed by atoms with van der Waals surface area (Å²) < 4.78 is 0. The zero-order valence-electron chi connectivity index (χ0n) is 10.2. The molecule has 0 aliphatic rings. The van der Waals surface area contributed by atoms with Crippen molar-refractivity contribution in [3.05, 3.63) is 65.6 Å². The first-order valence-corrected chi connectivity index (χ1v) is 6.39. The molecule has 0 aliphatic heterocycles. The molecule has 0 bridgehead atoms. The molecule has 3 aromatic rings. The second-order valence-electron chi connectivity index (χ2n) is 4.20. The third-order valence-corrected chi connectivity index (χ3v) is 3.21. The van der Waals surface area contributed by atoms with Crippen LogP contribution in [0.3, 0.4) is 0 Å². The summed E-state index contributed by atoms with van der Waals surface area (Å²) in [5, 5.41) is 5.04. The van der Waals surface area contributed by atoms with E-state index < -0.39 is 0 Å². The van der Waals surface area contributed by atoms with Crippen LogP contribution in [-0.2, 0) is 6.54 Å². The van der Waals surface area contributed by atoms with E-state index in [1.54, 1.807) is 18.5 Å². The predicted molar refractivity (Wildman–Crippen MR) is 78.3 cm³/mol. The molecule has 0 fully saturated rings. The van der Waals surface area contributed by atoms with Gasteiger partial charge in [0.25, 0.3) is 0 Å². The van der Waals surface area contributed by atoms with Crippen molar-refractivity contribution in [2.45, 2.75) is 6.54 Å². The molecule has 3 rings (SSSR count). The van der Waals surface area contributed by atoms with E-state index >= 15 is 0 Å². The number of fused-ring (bicyclic) bond motifs is 1. The molecule has 0 radical (unpaired) electrons. The summed E-state index contributed by atoms with van der Waals surface area (Å²) in [6.07, 6.45) is 3.38. The normalized spacial score (nSPS) is 10.6. The van der Waals surface area contributed by atoms with Crippen LogP contribution < -0.4 is 5.32 Å². The molecule has 2 aromatic heterocycles. The third-order valence-electron chi connectivity index (χ3n) is 2.88. The second kappa shape index (κ2) is 5.24. The molecule has 0 unspecified atom stereocenters. The van der Waals surface area contributed by atoms with Gasteiger partial charge in [-0.1, -0.05) is 35.9 Å². The number of hydrogen-bond donors (Lipinski definition) is 1. The van der Waals surface area contributed by atoms with E-state index in [-0.39, 0.29) is 0 Å². The molecule has 2 heterocycles. The van der Waals surface area contributed by atoms with Crippen molar-refractivity contribution in [1.29, 1.82) is 0 Å². The van der Waals surface area contributed by atoms with Gasteiger partial charge in [0.05, 0.1) is 34.7 Å². The van der Waals surface area contributed by atoms with Gasteiger partial charge in [0.15, 0.2) is 0 Å². The predicted octanol–water partition coefficient (Wildman–Crippen LogP) is 3.90. The Hall–Kier alpha value is -2.13. The van der Waals surface area contributed by atoms with Gasteiger partial charge in [-0.15, -0.1) is 0 Å². The maximum atomic E-state index is 6.06. The van der Waals surface area contributed by atoms with Gasteiger partial charge in [0.2, 0.25) is 0 Å². The minimum Gasteiger partial charge on any atom is -0.377 e. The summed E-state index contributed by atoms with van der Waals surface area (Å²) in [6.45, 7) is 0.621. The molecule has 0 spiro atoms. The zero-order chi connectivity index (χ0) is 13.1. The first-order chi connectivity index (χ1) is 9.33. The van der Waals surface area contributed by atoms with E-state index in [0.29, 0.717) is 11.6 Å². The monoisotopic (exact) mass is 269 g/mol. The number of para-hydroxylation sites is 1. The number of nitrogens with zero attached hydrogens (tertiary/aromatic N) is 2. The lowest BCUT2D eigenvalue weighted by Crippen LogP contribution is -2.02. The fourth-order valence-electron chi connectivity index (χ4n) is 1.90. The molecule has 0 saturated carbocycles. The average molecular weight is 270 g/mol. The van der Waals surface area contributed by atoms with Crippen molar-refractivity contribution in [2.24, 2.45) is 0 Å². The number of anilines is 1. The molecule has 19 heavy (non-hydrogen) atoms. The number of aromatic nitrogens is 2. The van der Waals surface area contributed by atoms with E-state index in [0.717, 1.165) is 22.3 Å². The van der Waals surface area contributed by atoms with Crippen LogP contribution in [0.2, 0.25) is 5.02 Å². The summed E-state index contributed by atoms with van der Waals surface area (Å²) >= 11 is 6.06. The molecule has 0 aliphatic carbocycles. The fraction of sp³-hybridized carbons (Fsp3) is 0.0667. The van der Waals surface area contributed by atoms with Gasteiger partial charge < -0.3 is 5.32 Å². The Balaban J connectivity index is 1.80. The smallest absolute Gasteiger partial charge is 0.0719 e. The molecule has 4 heteroatoms. The van der Waals surface area contributed by atoms with Crippen LogP contribution in [0.15, 0.2) is 54.9 Å². The van der Waals surface area contributed by atoms with Gasteiger partial charge in [-0.3, -0.25) is 9.97 Å². The largest absolute Gasteiger partial charge is 0.377 e. The van der Waals surface area contributed by atoms with E-state index in [1.807, 2.05) is 24.3 Å². The highest BCUT2D eigenvalue weighted by molar-refractivity contribution is 6.33. The quantitative estimate of drug-likeness (QED) is 0.784. The lowest BCUT2D eigenvalue weighted by Gasteiger charge is -2.07. The highest BCUT2D eigenvalue weighted by atomic mass is 35.5. The Labute approximate surface area is 116 Å². The zero-order valence-corrected chi connectivity index (χ0v) is 10.9. The van der Waals surface area contributed by atoms with E-state index in [2.05, 4.69) is 27.4 Å². The van der Waals surface area contributed by atoms with Gasteiger partial charge >= 0.3 is 0 Å². The molecule has 1 aromatic carbocycles. The Kier molecular flexibility index (Phi) is 3.29. The molecular formula is C15H12ClN3. The third kappa shape index (κ3) is 2.66. The van der Waals surface area contributed by atoms with Crippen LogP contribution >= 0.6 is 11.6 Å². The number of benzene rings is 1. The summed E-state index contributed by atoms with van der Waals surface area (Å²) in [6, 6.07) is 13.9. The van der Waals surface area contributed by atoms with Crippen molar-refractivity contribution in [1.82, 2.24) is 9.97 Å². The summed E-state index contributed by atoms with van der Waals surface area (Å²) in [4.78, 5) is 8.63. The Morgan fingerprint density at radius 3 is 2.84 bits per heavy atom. The maximum absolute atomic E-state index is 6.06. The first-order valence-electron chi connectivity index (χ1n) is 6.01. The van der Waals surface area contributed by atoms with Crippen LogP contribution in [0.1, 0.15) is 5.69 Å². The van der Waals surface area contributed by atoms with Crippen LogP contribution in [0.5, 0.6) is 0 Å². The van der Waals surface area contributed by atoms with Gasteiger partial charge in [-0.25, -0.2) is 0 Å². The molecular weight excluding hydrogens is 258 g/mol. The Morgan fingerprint density at radius 2 is 1.95 bits per heavy atom. The summed E-state index contributed by atoms with van der Waals surface area (Å²) in [5.41, 5.74) is 2.79. The highest BCUT2D eigenvalue weighted by Gasteiger charge is 2.01. The van der Waals surface area contributed by atoms with Crippen molar-refractivity contribution >= 4 is 28.2 Å². The number of pyridine rings is 2. The van der Waals surface area contributed by atoms with Crippen LogP contribution in [0.25, 0.3) is 10.9 Å². The summed E-state index contributed by atoms with van der Waals surface area (Å²) in [7, 11) is 0. The van der Waals surface area contributed by atoms with E-state index in [1.165, 1.54) is 0 Å². The first kappa shape index (κ1) is 11.9. The lowest BCUT2D eigenvalue weighted by atomic mass is 10.2. The second-order valence-corrected chi connectivity index (χ2v) is 4.61. The highest BCUT2D eigenvalue weighted by Crippen LogP contribution is 2.20. The molecule has 94 valence electrons. The van der Waals surface area contributed by atoms with Gasteiger partial charge in [0.1, 0.15) is 0 Å². The molecule has 0 saturated heterocycles. The fourth-order valence-corrected chi connectivity index (χ4v) is 2.07. The molecule has 1 N–H and O–H groups in total. The van der Waals surface area contributed by atoms with Crippen molar-refractivity contribution < 1.29 is 0 Å². The average Bonchev–Trinajstić information content (AvgIpc) is 2.46. The number of halogens is 1. The topological polar surface area (TPSA) is 37.8 Å². The van der Waals surface area contributed by atoms with Crippen LogP contribution in [-0.4, -0.2) is 9.97 Å².